The van der Waals surface area contributed by atoms with Crippen LogP contribution in [0.1, 0.15) is 40.8 Å². The van der Waals surface area contributed by atoms with Crippen LogP contribution in [-0.4, -0.2) is 55.6 Å². The minimum absolute atomic E-state index is 0.0915. The number of fused-ring (bicyclic) bond motifs is 1. The molecule has 0 aliphatic carbocycles. The van der Waals surface area contributed by atoms with Crippen LogP contribution >= 0.6 is 0 Å². The van der Waals surface area contributed by atoms with Gasteiger partial charge in [-0.15, -0.1) is 0 Å². The summed E-state index contributed by atoms with van der Waals surface area (Å²) in [7, 11) is 4.00. The zero-order valence-electron chi connectivity index (χ0n) is 17.7. The van der Waals surface area contributed by atoms with E-state index in [1.807, 2.05) is 31.6 Å². The molecule has 1 fully saturated rings. The van der Waals surface area contributed by atoms with Crippen LogP contribution in [0.4, 0.5) is 0 Å². The summed E-state index contributed by atoms with van der Waals surface area (Å²) in [6, 6.07) is 3.96. The third-order valence-electron chi connectivity index (χ3n) is 5.88. The molecular formula is C23H24N6O2. The van der Waals surface area contributed by atoms with E-state index in [0.717, 1.165) is 48.0 Å². The van der Waals surface area contributed by atoms with Gasteiger partial charge in [0.05, 0.1) is 24.3 Å². The molecule has 4 aromatic rings. The molecule has 1 aliphatic heterocycles. The monoisotopic (exact) mass is 416 g/mol. The summed E-state index contributed by atoms with van der Waals surface area (Å²) in [6.45, 7) is 2.04. The zero-order valence-corrected chi connectivity index (χ0v) is 17.7. The number of pyridine rings is 2. The van der Waals surface area contributed by atoms with Crippen LogP contribution in [0.3, 0.4) is 0 Å². The third kappa shape index (κ3) is 4.11. The van der Waals surface area contributed by atoms with Crippen molar-refractivity contribution in [2.75, 3.05) is 20.1 Å². The first kappa shape index (κ1) is 19.6. The number of aromatic nitrogens is 5. The number of likely N-dealkylation sites (tertiary alicyclic amines) is 1. The number of aryl methyl sites for hydroxylation is 1. The first-order chi connectivity index (χ1) is 15.0. The number of oxazole rings is 1. The molecule has 4 aromatic heterocycles. The van der Waals surface area contributed by atoms with Gasteiger partial charge in [-0.05, 0) is 45.1 Å². The first-order valence-corrected chi connectivity index (χ1v) is 10.5. The Morgan fingerprint density at radius 3 is 2.71 bits per heavy atom. The van der Waals surface area contributed by atoms with Crippen molar-refractivity contribution in [3.63, 3.8) is 0 Å². The molecule has 0 aromatic carbocycles. The lowest BCUT2D eigenvalue weighted by Gasteiger charge is -2.26. The fraction of sp³-hybridized carbons (Fsp3) is 0.348. The predicted molar refractivity (Wildman–Crippen MR) is 116 cm³/mol. The van der Waals surface area contributed by atoms with Gasteiger partial charge in [0, 0.05) is 47.6 Å². The summed E-state index contributed by atoms with van der Waals surface area (Å²) >= 11 is 0. The Kier molecular flexibility index (Phi) is 5.07. The lowest BCUT2D eigenvalue weighted by Crippen LogP contribution is -2.29. The predicted octanol–water partition coefficient (Wildman–Crippen LogP) is 3.25. The summed E-state index contributed by atoms with van der Waals surface area (Å²) in [5.74, 6) is 0.868. The molecule has 5 rings (SSSR count). The lowest BCUT2D eigenvalue weighted by atomic mass is 9.97. The normalized spacial score (nSPS) is 15.5. The molecule has 158 valence electrons. The topological polar surface area (TPSA) is 89.9 Å². The Labute approximate surface area is 179 Å². The molecule has 0 spiro atoms. The van der Waals surface area contributed by atoms with Crippen molar-refractivity contribution in [3.05, 3.63) is 60.5 Å². The second kappa shape index (κ2) is 8.03. The molecule has 0 bridgehead atoms. The van der Waals surface area contributed by atoms with Crippen LogP contribution in [0.2, 0.25) is 0 Å². The van der Waals surface area contributed by atoms with Crippen LogP contribution in [0.15, 0.2) is 47.6 Å². The Morgan fingerprint density at radius 1 is 1.10 bits per heavy atom. The number of rotatable bonds is 5. The van der Waals surface area contributed by atoms with Crippen LogP contribution in [-0.2, 0) is 13.5 Å². The van der Waals surface area contributed by atoms with Gasteiger partial charge < -0.3 is 9.32 Å². The van der Waals surface area contributed by atoms with Crippen LogP contribution in [0.5, 0.6) is 0 Å². The van der Waals surface area contributed by atoms with Crippen molar-refractivity contribution in [1.82, 2.24) is 29.6 Å². The van der Waals surface area contributed by atoms with Crippen molar-refractivity contribution in [2.45, 2.75) is 25.2 Å². The van der Waals surface area contributed by atoms with Gasteiger partial charge in [0.25, 0.3) is 0 Å². The molecule has 1 saturated heterocycles. The van der Waals surface area contributed by atoms with E-state index in [1.54, 1.807) is 17.1 Å². The molecule has 0 N–H and O–H groups in total. The standard InChI is InChI=1S/C23H24N6O2/c1-28-5-3-15(4-6-28)23-27-21(14-31-23)22(30)9-19-8-16-7-17(10-25-20(16)12-24-19)18-11-26-29(2)13-18/h7-8,10-15H,3-6,9H2,1-2H3. The van der Waals surface area contributed by atoms with Crippen molar-refractivity contribution in [3.8, 4) is 11.1 Å². The molecule has 8 nitrogen and oxygen atoms in total. The zero-order chi connectivity index (χ0) is 21.4. The molecule has 5 heterocycles. The summed E-state index contributed by atoms with van der Waals surface area (Å²) < 4.78 is 7.40. The molecule has 1 aliphatic rings. The summed E-state index contributed by atoms with van der Waals surface area (Å²) in [4.78, 5) is 28.5. The van der Waals surface area contributed by atoms with E-state index in [1.165, 1.54) is 6.26 Å². The average molecular weight is 416 g/mol. The molecule has 0 radical (unpaired) electrons. The maximum atomic E-state index is 12.8. The molecule has 31 heavy (non-hydrogen) atoms. The van der Waals surface area contributed by atoms with Gasteiger partial charge in [-0.3, -0.25) is 19.4 Å². The molecule has 0 saturated carbocycles. The van der Waals surface area contributed by atoms with Gasteiger partial charge in [0.1, 0.15) is 12.0 Å². The van der Waals surface area contributed by atoms with E-state index in [4.69, 9.17) is 4.42 Å². The maximum absolute atomic E-state index is 12.8. The Hall–Kier alpha value is -3.39. The van der Waals surface area contributed by atoms with Crippen LogP contribution in [0, 0.1) is 0 Å². The third-order valence-corrected chi connectivity index (χ3v) is 5.88. The molecule has 0 amide bonds. The van der Waals surface area contributed by atoms with Gasteiger partial charge in [-0.25, -0.2) is 4.98 Å². The van der Waals surface area contributed by atoms with Gasteiger partial charge in [-0.1, -0.05) is 0 Å². The highest BCUT2D eigenvalue weighted by Gasteiger charge is 2.24. The van der Waals surface area contributed by atoms with Gasteiger partial charge in [-0.2, -0.15) is 5.10 Å². The smallest absolute Gasteiger partial charge is 0.197 e. The number of nitrogens with zero attached hydrogens (tertiary/aromatic N) is 6. The largest absolute Gasteiger partial charge is 0.448 e. The second-order valence-electron chi connectivity index (χ2n) is 8.24. The minimum atomic E-state index is -0.0915. The number of carbonyl (C=O) groups excluding carboxylic acids is 1. The van der Waals surface area contributed by atoms with Crippen molar-refractivity contribution in [1.29, 1.82) is 0 Å². The summed E-state index contributed by atoms with van der Waals surface area (Å²) in [5, 5.41) is 5.15. The highest BCUT2D eigenvalue weighted by Crippen LogP contribution is 2.27. The van der Waals surface area contributed by atoms with E-state index in [-0.39, 0.29) is 18.1 Å². The van der Waals surface area contributed by atoms with E-state index < -0.39 is 0 Å². The highest BCUT2D eigenvalue weighted by molar-refractivity contribution is 5.95. The van der Waals surface area contributed by atoms with Crippen molar-refractivity contribution < 1.29 is 9.21 Å². The van der Waals surface area contributed by atoms with Gasteiger partial charge in [0.15, 0.2) is 11.7 Å². The molecule has 0 unspecified atom stereocenters. The number of hydrogen-bond donors (Lipinski definition) is 0. The number of carbonyl (C=O) groups is 1. The SMILES string of the molecule is CN1CCC(c2nc(C(=O)Cc3cc4cc(-c5cnn(C)c5)cnc4cn3)co2)CC1. The van der Waals surface area contributed by atoms with E-state index >= 15 is 0 Å². The maximum Gasteiger partial charge on any atom is 0.197 e. The van der Waals surface area contributed by atoms with E-state index in [2.05, 4.69) is 32.0 Å². The Morgan fingerprint density at radius 2 is 1.94 bits per heavy atom. The number of hydrogen-bond acceptors (Lipinski definition) is 7. The van der Waals surface area contributed by atoms with Crippen LogP contribution in [0.25, 0.3) is 22.0 Å². The number of ketones is 1. The lowest BCUT2D eigenvalue weighted by molar-refractivity contribution is 0.0987. The fourth-order valence-corrected chi connectivity index (χ4v) is 4.02. The van der Waals surface area contributed by atoms with Crippen molar-refractivity contribution >= 4 is 16.7 Å². The molecule has 8 heteroatoms. The fourth-order valence-electron chi connectivity index (χ4n) is 4.02. The minimum Gasteiger partial charge on any atom is -0.448 e. The summed E-state index contributed by atoms with van der Waals surface area (Å²) in [5.41, 5.74) is 3.82. The average Bonchev–Trinajstić information content (AvgIpc) is 3.43. The van der Waals surface area contributed by atoms with Gasteiger partial charge >= 0.3 is 0 Å². The highest BCUT2D eigenvalue weighted by atomic mass is 16.3. The number of Topliss-reactive ketones (excluding diaryl/α,β-unsaturated/α-hetero) is 1. The van der Waals surface area contributed by atoms with E-state index in [0.29, 0.717) is 17.3 Å². The molecule has 0 atom stereocenters. The first-order valence-electron chi connectivity index (χ1n) is 10.5. The van der Waals surface area contributed by atoms with Gasteiger partial charge in [0.2, 0.25) is 0 Å². The Bertz CT molecular complexity index is 1240. The Balaban J connectivity index is 1.33. The van der Waals surface area contributed by atoms with Crippen LogP contribution < -0.4 is 0 Å². The molecular weight excluding hydrogens is 392 g/mol. The van der Waals surface area contributed by atoms with E-state index in [9.17, 15) is 4.79 Å². The quantitative estimate of drug-likeness (QED) is 0.461. The second-order valence-corrected chi connectivity index (χ2v) is 8.24. The number of piperidine rings is 1. The van der Waals surface area contributed by atoms with Crippen molar-refractivity contribution in [2.24, 2.45) is 7.05 Å². The summed E-state index contributed by atoms with van der Waals surface area (Å²) in [6.07, 6.45) is 10.9.